The molecule has 0 aromatic heterocycles. The van der Waals surface area contributed by atoms with Crippen molar-refractivity contribution in [2.75, 3.05) is 13.7 Å². The lowest BCUT2D eigenvalue weighted by Gasteiger charge is -2.23. The average Bonchev–Trinajstić information content (AvgIpc) is 2.76. The fraction of sp³-hybridized carbons (Fsp3) is 0.217. The van der Waals surface area contributed by atoms with Crippen LogP contribution in [0.1, 0.15) is 24.1 Å². The maximum absolute atomic E-state index is 12.7. The first kappa shape index (κ1) is 23.2. The number of methoxy groups -OCH3 is 1. The minimum absolute atomic E-state index is 0.0569. The van der Waals surface area contributed by atoms with Gasteiger partial charge in [-0.3, -0.25) is 0 Å². The van der Waals surface area contributed by atoms with Gasteiger partial charge < -0.3 is 20.1 Å². The predicted octanol–water partition coefficient (Wildman–Crippen LogP) is 4.64. The Balaban J connectivity index is 2.40. The van der Waals surface area contributed by atoms with E-state index in [0.717, 1.165) is 10.0 Å². The smallest absolute Gasteiger partial charge is 0.408 e. The third kappa shape index (κ3) is 6.77. The summed E-state index contributed by atoms with van der Waals surface area (Å²) in [6.45, 7) is 5.88. The van der Waals surface area contributed by atoms with Gasteiger partial charge >= 0.3 is 12.1 Å². The molecule has 0 heterocycles. The van der Waals surface area contributed by atoms with E-state index in [9.17, 15) is 9.59 Å². The molecular weight excluding hydrogens is 448 g/mol. The number of nitrogens with one attached hydrogen (secondary N) is 2. The van der Waals surface area contributed by atoms with Crippen molar-refractivity contribution in [3.05, 3.63) is 94.1 Å². The predicted molar refractivity (Wildman–Crippen MR) is 120 cm³/mol. The van der Waals surface area contributed by atoms with Crippen molar-refractivity contribution in [1.82, 2.24) is 10.6 Å². The Morgan fingerprint density at radius 3 is 2.40 bits per heavy atom. The second kappa shape index (κ2) is 11.8. The molecule has 2 rings (SSSR count). The molecule has 7 heteroatoms. The topological polar surface area (TPSA) is 76.7 Å². The Hall–Kier alpha value is -3.06. The molecule has 0 aliphatic carbocycles. The van der Waals surface area contributed by atoms with Crippen LogP contribution in [0.4, 0.5) is 4.79 Å². The molecule has 158 valence electrons. The zero-order valence-electron chi connectivity index (χ0n) is 17.0. The van der Waals surface area contributed by atoms with Gasteiger partial charge in [0.05, 0.1) is 18.7 Å². The largest absolute Gasteiger partial charge is 0.466 e. The van der Waals surface area contributed by atoms with Crippen LogP contribution < -0.4 is 10.6 Å². The van der Waals surface area contributed by atoms with Gasteiger partial charge in [0.1, 0.15) is 6.61 Å². The molecule has 0 saturated heterocycles. The zero-order valence-corrected chi connectivity index (χ0v) is 18.6. The molecule has 2 aromatic rings. The van der Waals surface area contributed by atoms with E-state index in [2.05, 4.69) is 33.1 Å². The van der Waals surface area contributed by atoms with E-state index < -0.39 is 18.1 Å². The third-order valence-electron chi connectivity index (χ3n) is 4.30. The Kier molecular flexibility index (Phi) is 9.15. The van der Waals surface area contributed by atoms with E-state index in [1.165, 1.54) is 13.2 Å². The Morgan fingerprint density at radius 2 is 1.80 bits per heavy atom. The van der Waals surface area contributed by atoms with Crippen LogP contribution in [-0.2, 0) is 20.8 Å². The normalized spacial score (nSPS) is 12.2. The van der Waals surface area contributed by atoms with E-state index >= 15 is 0 Å². The molecule has 1 amide bonds. The number of benzene rings is 2. The van der Waals surface area contributed by atoms with Gasteiger partial charge in [-0.25, -0.2) is 9.59 Å². The Labute approximate surface area is 185 Å². The van der Waals surface area contributed by atoms with Gasteiger partial charge in [-0.05, 0) is 30.2 Å². The van der Waals surface area contributed by atoms with Gasteiger partial charge in [0.25, 0.3) is 0 Å². The highest BCUT2D eigenvalue weighted by atomic mass is 79.9. The number of esters is 1. The first-order valence-electron chi connectivity index (χ1n) is 9.32. The number of ether oxygens (including phenoxy) is 2. The maximum Gasteiger partial charge on any atom is 0.408 e. The fourth-order valence-electron chi connectivity index (χ4n) is 2.79. The monoisotopic (exact) mass is 472 g/mol. The summed E-state index contributed by atoms with van der Waals surface area (Å²) < 4.78 is 11.0. The minimum atomic E-state index is -0.772. The number of amides is 1. The molecule has 30 heavy (non-hydrogen) atoms. The van der Waals surface area contributed by atoms with Crippen molar-refractivity contribution in [1.29, 1.82) is 0 Å². The van der Waals surface area contributed by atoms with E-state index in [4.69, 9.17) is 9.47 Å². The molecule has 0 spiro atoms. The van der Waals surface area contributed by atoms with Gasteiger partial charge in [-0.2, -0.15) is 0 Å². The first-order chi connectivity index (χ1) is 14.5. The van der Waals surface area contributed by atoms with E-state index in [0.29, 0.717) is 17.8 Å². The Morgan fingerprint density at radius 1 is 1.13 bits per heavy atom. The van der Waals surface area contributed by atoms with Gasteiger partial charge in [0.2, 0.25) is 0 Å². The summed E-state index contributed by atoms with van der Waals surface area (Å²) in [6, 6.07) is 16.3. The van der Waals surface area contributed by atoms with Gasteiger partial charge in [-0.15, -0.1) is 0 Å². The standard InChI is InChI=1S/C23H25BrN2O4/c1-4-14-30-23(28)26-21(18-10-12-19(24)13-11-18)20(22(27)29-3)16(2)25-15-17-8-6-5-7-9-17/h4-13,21,25H,1,14-15H2,2-3H3,(H,26,28)/t21-/m0/s1. The van der Waals surface area contributed by atoms with Crippen molar-refractivity contribution in [3.63, 3.8) is 0 Å². The highest BCUT2D eigenvalue weighted by molar-refractivity contribution is 9.10. The molecule has 0 radical (unpaired) electrons. The summed E-state index contributed by atoms with van der Waals surface area (Å²) in [4.78, 5) is 25.0. The molecule has 2 N–H and O–H groups in total. The van der Waals surface area contributed by atoms with E-state index in [1.807, 2.05) is 54.6 Å². The molecular formula is C23H25BrN2O4. The third-order valence-corrected chi connectivity index (χ3v) is 4.82. The molecule has 0 saturated carbocycles. The summed E-state index contributed by atoms with van der Waals surface area (Å²) in [6.07, 6.45) is 0.804. The lowest BCUT2D eigenvalue weighted by Crippen LogP contribution is -2.34. The van der Waals surface area contributed by atoms with Gasteiger partial charge in [-0.1, -0.05) is 71.0 Å². The number of allylic oxidation sites excluding steroid dienone is 1. The van der Waals surface area contributed by atoms with Crippen LogP contribution in [0.3, 0.4) is 0 Å². The van der Waals surface area contributed by atoms with Crippen LogP contribution >= 0.6 is 15.9 Å². The van der Waals surface area contributed by atoms with Crippen molar-refractivity contribution < 1.29 is 19.1 Å². The van der Waals surface area contributed by atoms with Gasteiger partial charge in [0, 0.05) is 16.7 Å². The quantitative estimate of drug-likeness (QED) is 0.315. The number of carbonyl (C=O) groups is 2. The Bertz CT molecular complexity index is 895. The SMILES string of the molecule is C=CCOC(=O)N[C@H](C(C(=O)OC)=C(C)NCc1ccccc1)c1ccc(Br)cc1. The molecule has 0 aliphatic rings. The molecule has 6 nitrogen and oxygen atoms in total. The average molecular weight is 473 g/mol. The van der Waals surface area contributed by atoms with E-state index in [1.54, 1.807) is 6.92 Å². The van der Waals surface area contributed by atoms with Crippen molar-refractivity contribution in [3.8, 4) is 0 Å². The minimum Gasteiger partial charge on any atom is -0.466 e. The second-order valence-electron chi connectivity index (χ2n) is 6.39. The fourth-order valence-corrected chi connectivity index (χ4v) is 3.06. The summed E-state index contributed by atoms with van der Waals surface area (Å²) in [5.74, 6) is -0.551. The zero-order chi connectivity index (χ0) is 21.9. The molecule has 1 atom stereocenters. The highest BCUT2D eigenvalue weighted by Crippen LogP contribution is 2.27. The highest BCUT2D eigenvalue weighted by Gasteiger charge is 2.28. The number of hydrogen-bond acceptors (Lipinski definition) is 5. The number of carbonyl (C=O) groups excluding carboxylic acids is 2. The molecule has 2 aromatic carbocycles. The van der Waals surface area contributed by atoms with Crippen LogP contribution in [-0.4, -0.2) is 25.8 Å². The first-order valence-corrected chi connectivity index (χ1v) is 10.1. The van der Waals surface area contributed by atoms with Crippen molar-refractivity contribution >= 4 is 28.0 Å². The maximum atomic E-state index is 12.7. The van der Waals surface area contributed by atoms with Crippen LogP contribution in [0, 0.1) is 0 Å². The molecule has 0 bridgehead atoms. The molecule has 0 fully saturated rings. The number of halogens is 1. The lowest BCUT2D eigenvalue weighted by molar-refractivity contribution is -0.136. The lowest BCUT2D eigenvalue weighted by atomic mass is 9.97. The van der Waals surface area contributed by atoms with E-state index in [-0.39, 0.29) is 12.2 Å². The van der Waals surface area contributed by atoms with Crippen LogP contribution in [0.15, 0.2) is 83.0 Å². The summed E-state index contributed by atoms with van der Waals surface area (Å²) in [5.41, 5.74) is 2.63. The number of hydrogen-bond donors (Lipinski definition) is 2. The number of rotatable bonds is 9. The second-order valence-corrected chi connectivity index (χ2v) is 7.30. The van der Waals surface area contributed by atoms with Crippen molar-refractivity contribution in [2.45, 2.75) is 19.5 Å². The molecule has 0 unspecified atom stereocenters. The summed E-state index contributed by atoms with van der Waals surface area (Å²) >= 11 is 3.40. The summed E-state index contributed by atoms with van der Waals surface area (Å²) in [5, 5.41) is 6.01. The molecule has 0 aliphatic heterocycles. The summed E-state index contributed by atoms with van der Waals surface area (Å²) in [7, 11) is 1.31. The van der Waals surface area contributed by atoms with Gasteiger partial charge in [0.15, 0.2) is 0 Å². The number of alkyl carbamates (subject to hydrolysis) is 1. The van der Waals surface area contributed by atoms with Crippen LogP contribution in [0.2, 0.25) is 0 Å². The van der Waals surface area contributed by atoms with Crippen LogP contribution in [0.25, 0.3) is 0 Å². The van der Waals surface area contributed by atoms with Crippen molar-refractivity contribution in [2.24, 2.45) is 0 Å². The van der Waals surface area contributed by atoms with Crippen LogP contribution in [0.5, 0.6) is 0 Å².